The number of morpholine rings is 1. The van der Waals surface area contributed by atoms with Crippen molar-refractivity contribution in [2.24, 2.45) is 4.99 Å². The standard InChI is InChI=1S/C20H27N5O3S/c1-15-6-7-19(29-15)18(24-8-10-28-11-9-24)14-23-20(21-2)22-13-16-4-3-5-17(12-16)25(26)27/h3-7,12,18H,8-11,13-14H2,1-2H3,(H2,21,22,23). The Hall–Kier alpha value is -2.49. The number of aliphatic imine (C=N–C) groups is 1. The molecule has 0 aliphatic carbocycles. The lowest BCUT2D eigenvalue weighted by Gasteiger charge is -2.34. The van der Waals surface area contributed by atoms with Gasteiger partial charge in [0.15, 0.2) is 5.96 Å². The first-order valence-electron chi connectivity index (χ1n) is 9.63. The molecule has 2 aromatic rings. The van der Waals surface area contributed by atoms with E-state index in [1.807, 2.05) is 17.4 Å². The van der Waals surface area contributed by atoms with Gasteiger partial charge in [0.2, 0.25) is 0 Å². The van der Waals surface area contributed by atoms with E-state index in [-0.39, 0.29) is 16.7 Å². The van der Waals surface area contributed by atoms with E-state index in [1.165, 1.54) is 15.8 Å². The highest BCUT2D eigenvalue weighted by atomic mass is 32.1. The molecule has 0 spiro atoms. The van der Waals surface area contributed by atoms with Crippen LogP contribution in [0.25, 0.3) is 0 Å². The molecule has 0 radical (unpaired) electrons. The quantitative estimate of drug-likeness (QED) is 0.311. The largest absolute Gasteiger partial charge is 0.379 e. The van der Waals surface area contributed by atoms with Crippen LogP contribution >= 0.6 is 11.3 Å². The van der Waals surface area contributed by atoms with Crippen molar-refractivity contribution in [2.45, 2.75) is 19.5 Å². The zero-order chi connectivity index (χ0) is 20.6. The Morgan fingerprint density at radius 3 is 2.76 bits per heavy atom. The number of nitrogens with zero attached hydrogens (tertiary/aromatic N) is 3. The third-order valence-electron chi connectivity index (χ3n) is 4.84. The van der Waals surface area contributed by atoms with Gasteiger partial charge >= 0.3 is 0 Å². The molecule has 2 N–H and O–H groups in total. The van der Waals surface area contributed by atoms with Crippen LogP contribution in [-0.4, -0.2) is 55.7 Å². The molecule has 1 aliphatic heterocycles. The summed E-state index contributed by atoms with van der Waals surface area (Å²) in [4.78, 5) is 19.9. The van der Waals surface area contributed by atoms with Gasteiger partial charge in [0, 0.05) is 55.1 Å². The molecule has 9 heteroatoms. The normalized spacial score (nSPS) is 16.4. The van der Waals surface area contributed by atoms with E-state index in [9.17, 15) is 10.1 Å². The number of hydrogen-bond acceptors (Lipinski definition) is 6. The van der Waals surface area contributed by atoms with Crippen LogP contribution in [-0.2, 0) is 11.3 Å². The smallest absolute Gasteiger partial charge is 0.269 e. The molecule has 1 aromatic heterocycles. The topological polar surface area (TPSA) is 92.0 Å². The maximum absolute atomic E-state index is 10.9. The van der Waals surface area contributed by atoms with Crippen molar-refractivity contribution in [1.29, 1.82) is 0 Å². The highest BCUT2D eigenvalue weighted by molar-refractivity contribution is 7.12. The lowest BCUT2D eigenvalue weighted by molar-refractivity contribution is -0.384. The van der Waals surface area contributed by atoms with Crippen LogP contribution in [0.1, 0.15) is 21.4 Å². The second-order valence-corrected chi connectivity index (χ2v) is 8.17. The molecular formula is C20H27N5O3S. The van der Waals surface area contributed by atoms with Gasteiger partial charge < -0.3 is 15.4 Å². The predicted octanol–water partition coefficient (Wildman–Crippen LogP) is 2.70. The summed E-state index contributed by atoms with van der Waals surface area (Å²) in [6, 6.07) is 11.2. The number of guanidine groups is 1. The zero-order valence-electron chi connectivity index (χ0n) is 16.8. The Bertz CT molecular complexity index is 848. The first-order valence-corrected chi connectivity index (χ1v) is 10.4. The number of nitrogens with one attached hydrogen (secondary N) is 2. The van der Waals surface area contributed by atoms with Gasteiger partial charge in [0.1, 0.15) is 0 Å². The summed E-state index contributed by atoms with van der Waals surface area (Å²) in [7, 11) is 1.72. The van der Waals surface area contributed by atoms with E-state index >= 15 is 0 Å². The predicted molar refractivity (Wildman–Crippen MR) is 115 cm³/mol. The molecule has 1 unspecified atom stereocenters. The van der Waals surface area contributed by atoms with Crippen molar-refractivity contribution in [1.82, 2.24) is 15.5 Å². The molecule has 1 saturated heterocycles. The molecule has 0 amide bonds. The van der Waals surface area contributed by atoms with Gasteiger partial charge in [-0.25, -0.2) is 0 Å². The minimum Gasteiger partial charge on any atom is -0.379 e. The van der Waals surface area contributed by atoms with Gasteiger partial charge in [-0.15, -0.1) is 11.3 Å². The third-order valence-corrected chi connectivity index (χ3v) is 5.95. The summed E-state index contributed by atoms with van der Waals surface area (Å²) < 4.78 is 5.51. The molecule has 29 heavy (non-hydrogen) atoms. The first-order chi connectivity index (χ1) is 14.1. The number of aryl methyl sites for hydroxylation is 1. The van der Waals surface area contributed by atoms with E-state index in [1.54, 1.807) is 19.2 Å². The molecule has 156 valence electrons. The van der Waals surface area contributed by atoms with Crippen LogP contribution in [0.5, 0.6) is 0 Å². The van der Waals surface area contributed by atoms with Gasteiger partial charge in [-0.1, -0.05) is 12.1 Å². The van der Waals surface area contributed by atoms with Crippen molar-refractivity contribution in [3.8, 4) is 0 Å². The minimum atomic E-state index is -0.382. The molecule has 0 saturated carbocycles. The molecule has 3 rings (SSSR count). The fraction of sp³-hybridized carbons (Fsp3) is 0.450. The molecule has 1 fully saturated rings. The fourth-order valence-corrected chi connectivity index (χ4v) is 4.32. The Balaban J connectivity index is 1.61. The van der Waals surface area contributed by atoms with Gasteiger partial charge in [-0.05, 0) is 24.6 Å². The second-order valence-electron chi connectivity index (χ2n) is 6.85. The maximum Gasteiger partial charge on any atom is 0.269 e. The van der Waals surface area contributed by atoms with Gasteiger partial charge in [-0.3, -0.25) is 20.0 Å². The van der Waals surface area contributed by atoms with E-state index in [4.69, 9.17) is 4.74 Å². The van der Waals surface area contributed by atoms with Crippen LogP contribution < -0.4 is 10.6 Å². The lowest BCUT2D eigenvalue weighted by Crippen LogP contribution is -2.46. The average Bonchev–Trinajstić information content (AvgIpc) is 3.17. The van der Waals surface area contributed by atoms with Crippen LogP contribution in [0, 0.1) is 17.0 Å². The highest BCUT2D eigenvalue weighted by Crippen LogP contribution is 2.27. The Labute approximate surface area is 174 Å². The maximum atomic E-state index is 10.9. The minimum absolute atomic E-state index is 0.0905. The van der Waals surface area contributed by atoms with Crippen LogP contribution in [0.4, 0.5) is 5.69 Å². The average molecular weight is 418 g/mol. The number of non-ortho nitro benzene ring substituents is 1. The fourth-order valence-electron chi connectivity index (χ4n) is 3.31. The van der Waals surface area contributed by atoms with Crippen LogP contribution in [0.3, 0.4) is 0 Å². The summed E-state index contributed by atoms with van der Waals surface area (Å²) >= 11 is 1.82. The third kappa shape index (κ3) is 5.99. The van der Waals surface area contributed by atoms with Crippen molar-refractivity contribution in [3.05, 3.63) is 61.8 Å². The summed E-state index contributed by atoms with van der Waals surface area (Å²) in [5, 5.41) is 17.6. The summed E-state index contributed by atoms with van der Waals surface area (Å²) in [6.07, 6.45) is 0. The zero-order valence-corrected chi connectivity index (χ0v) is 17.6. The summed E-state index contributed by atoms with van der Waals surface area (Å²) in [6.45, 7) is 6.61. The molecule has 1 atom stereocenters. The number of nitro benzene ring substituents is 1. The van der Waals surface area contributed by atoms with E-state index in [0.29, 0.717) is 19.0 Å². The highest BCUT2D eigenvalue weighted by Gasteiger charge is 2.24. The van der Waals surface area contributed by atoms with Crippen molar-refractivity contribution in [3.63, 3.8) is 0 Å². The monoisotopic (exact) mass is 417 g/mol. The van der Waals surface area contributed by atoms with Crippen LogP contribution in [0.15, 0.2) is 41.4 Å². The van der Waals surface area contributed by atoms with Crippen molar-refractivity contribution >= 4 is 23.0 Å². The van der Waals surface area contributed by atoms with Crippen LogP contribution in [0.2, 0.25) is 0 Å². The molecular weight excluding hydrogens is 390 g/mol. The molecule has 2 heterocycles. The molecule has 0 bridgehead atoms. The number of benzene rings is 1. The Morgan fingerprint density at radius 1 is 1.31 bits per heavy atom. The first kappa shape index (κ1) is 21.2. The van der Waals surface area contributed by atoms with Crippen molar-refractivity contribution < 1.29 is 9.66 Å². The molecule has 1 aliphatic rings. The number of hydrogen-bond donors (Lipinski definition) is 2. The van der Waals surface area contributed by atoms with Gasteiger partial charge in [0.25, 0.3) is 5.69 Å². The van der Waals surface area contributed by atoms with E-state index in [0.717, 1.165) is 31.9 Å². The van der Waals surface area contributed by atoms with Gasteiger partial charge in [-0.2, -0.15) is 0 Å². The van der Waals surface area contributed by atoms with Gasteiger partial charge in [0.05, 0.1) is 24.2 Å². The number of rotatable bonds is 7. The number of thiophene rings is 1. The summed E-state index contributed by atoms with van der Waals surface area (Å²) in [5.74, 6) is 0.669. The SMILES string of the molecule is CN=C(NCc1cccc([N+](=O)[O-])c1)NCC(c1ccc(C)s1)N1CCOCC1. The summed E-state index contributed by atoms with van der Waals surface area (Å²) in [5.41, 5.74) is 0.924. The van der Waals surface area contributed by atoms with E-state index in [2.05, 4.69) is 39.6 Å². The molecule has 8 nitrogen and oxygen atoms in total. The lowest BCUT2D eigenvalue weighted by atomic mass is 10.2. The number of nitro groups is 1. The van der Waals surface area contributed by atoms with E-state index < -0.39 is 0 Å². The Morgan fingerprint density at radius 2 is 2.10 bits per heavy atom. The Kier molecular flexibility index (Phi) is 7.56. The van der Waals surface area contributed by atoms with Crippen molar-refractivity contribution in [2.75, 3.05) is 39.9 Å². The second kappa shape index (κ2) is 10.3. The molecule has 1 aromatic carbocycles. The number of ether oxygens (including phenoxy) is 1.